The van der Waals surface area contributed by atoms with Crippen LogP contribution in [-0.2, 0) is 47.7 Å². The third kappa shape index (κ3) is 26.7. The fourth-order valence-corrected chi connectivity index (χ4v) is 7.68. The molecule has 0 aliphatic heterocycles. The average Bonchev–Trinajstić information content (AvgIpc) is 3.23. The third-order valence-electron chi connectivity index (χ3n) is 10.8. The summed E-state index contributed by atoms with van der Waals surface area (Å²) in [6, 6.07) is -1.50. The Balaban J connectivity index is 2.10. The van der Waals surface area contributed by atoms with Crippen LogP contribution >= 0.6 is 10.9 Å². The minimum absolute atomic E-state index is 0.0173. The lowest BCUT2D eigenvalue weighted by molar-refractivity contribution is -0.138. The van der Waals surface area contributed by atoms with Crippen molar-refractivity contribution in [3.05, 3.63) is 0 Å². The molecular formula is C45H80N6O11S. The molecule has 0 aromatic heterocycles. The predicted octanol–water partition coefficient (Wildman–Crippen LogP) is 3.29. The number of ether oxygens (including phenoxy) is 4. The van der Waals surface area contributed by atoms with Crippen molar-refractivity contribution in [2.24, 2.45) is 35.3 Å². The van der Waals surface area contributed by atoms with E-state index in [-0.39, 0.29) is 89.8 Å². The van der Waals surface area contributed by atoms with Gasteiger partial charge in [0.05, 0.1) is 69.4 Å². The molecule has 5 atom stereocenters. The van der Waals surface area contributed by atoms with Crippen LogP contribution in [0.15, 0.2) is 0 Å². The van der Waals surface area contributed by atoms with Gasteiger partial charge in [0.15, 0.2) is 5.78 Å². The van der Waals surface area contributed by atoms with Crippen molar-refractivity contribution in [1.82, 2.24) is 26.6 Å². The highest BCUT2D eigenvalue weighted by Gasteiger charge is 2.35. The van der Waals surface area contributed by atoms with E-state index in [2.05, 4.69) is 32.5 Å². The minimum atomic E-state index is -0.614. The molecule has 1 aliphatic carbocycles. The number of carbonyl (C=O) groups is 7. The zero-order valence-electron chi connectivity index (χ0n) is 39.2. The molecule has 0 spiro atoms. The van der Waals surface area contributed by atoms with Gasteiger partial charge in [-0.3, -0.25) is 34.1 Å². The Morgan fingerprint density at radius 1 is 0.683 bits per heavy atom. The Labute approximate surface area is 379 Å². The molecule has 0 bridgehead atoms. The number of amides is 5. The monoisotopic (exact) mass is 913 g/mol. The zero-order chi connectivity index (χ0) is 47.2. The van der Waals surface area contributed by atoms with Crippen LogP contribution in [0.25, 0.3) is 0 Å². The van der Waals surface area contributed by atoms with Gasteiger partial charge in [-0.1, -0.05) is 48.0 Å². The second kappa shape index (κ2) is 33.9. The van der Waals surface area contributed by atoms with Gasteiger partial charge < -0.3 is 45.9 Å². The largest absolute Gasteiger partial charge is 0.379 e. The van der Waals surface area contributed by atoms with Crippen LogP contribution in [0.1, 0.15) is 119 Å². The van der Waals surface area contributed by atoms with Crippen molar-refractivity contribution in [3.8, 4) is 0 Å². The first-order valence-electron chi connectivity index (χ1n) is 22.8. The van der Waals surface area contributed by atoms with Crippen LogP contribution in [0.2, 0.25) is 0 Å². The number of nitrogens with two attached hydrogens (primary N) is 1. The standard InChI is InChI=1S/C45H80N6O11S/c1-30(2)35-29-37(52)34(28-38(35)53)12-9-10-14-39(54)48-20-23-62-33(7)15-16-40(55)47-19-22-60-25-27-61-26-24-59-21-17-41(56)51-42(31(3)4)44(63-8)50-36(43(57)32(5)6)13-11-18-49-45(46)58/h30-36,42,50H,8-29H2,1-7H3,(H,47,55)(H,48,54)(H,51,56)(H3,46,49,58). The van der Waals surface area contributed by atoms with Gasteiger partial charge in [0.1, 0.15) is 11.6 Å². The highest BCUT2D eigenvalue weighted by atomic mass is 32.1. The van der Waals surface area contributed by atoms with Gasteiger partial charge in [-0.25, -0.2) is 4.79 Å². The van der Waals surface area contributed by atoms with E-state index in [4.69, 9.17) is 24.7 Å². The van der Waals surface area contributed by atoms with Crippen LogP contribution in [0.3, 0.4) is 0 Å². The van der Waals surface area contributed by atoms with Crippen LogP contribution in [0.5, 0.6) is 0 Å². The molecule has 7 N–H and O–H groups in total. The summed E-state index contributed by atoms with van der Waals surface area (Å²) in [6.07, 6.45) is 4.95. The van der Waals surface area contributed by atoms with Crippen LogP contribution in [-0.4, -0.2) is 136 Å². The quantitative estimate of drug-likeness (QED) is 0.0397. The van der Waals surface area contributed by atoms with E-state index in [0.717, 1.165) is 6.42 Å². The lowest BCUT2D eigenvalue weighted by Gasteiger charge is -2.28. The summed E-state index contributed by atoms with van der Waals surface area (Å²) in [6.45, 7) is 16.8. The number of urea groups is 1. The van der Waals surface area contributed by atoms with E-state index < -0.39 is 12.1 Å². The third-order valence-corrected chi connectivity index (χ3v) is 11.4. The van der Waals surface area contributed by atoms with Crippen molar-refractivity contribution < 1.29 is 52.5 Å². The molecule has 17 nitrogen and oxygen atoms in total. The smallest absolute Gasteiger partial charge is 0.312 e. The number of hydrogen-bond acceptors (Lipinski definition) is 11. The van der Waals surface area contributed by atoms with Crippen molar-refractivity contribution in [2.75, 3.05) is 65.9 Å². The van der Waals surface area contributed by atoms with Crippen molar-refractivity contribution in [1.29, 1.82) is 0 Å². The van der Waals surface area contributed by atoms with E-state index >= 15 is 0 Å². The van der Waals surface area contributed by atoms with Gasteiger partial charge >= 0.3 is 6.03 Å². The van der Waals surface area contributed by atoms with Gasteiger partial charge in [0.25, 0.3) is 0 Å². The van der Waals surface area contributed by atoms with E-state index in [0.29, 0.717) is 122 Å². The summed E-state index contributed by atoms with van der Waals surface area (Å²) >= 11 is 0. The highest BCUT2D eigenvalue weighted by molar-refractivity contribution is 7.96. The van der Waals surface area contributed by atoms with Crippen molar-refractivity contribution in [3.63, 3.8) is 0 Å². The van der Waals surface area contributed by atoms with Gasteiger partial charge in [0, 0.05) is 69.5 Å². The molecule has 5 unspecified atom stereocenters. The summed E-state index contributed by atoms with van der Waals surface area (Å²) in [7, 11) is 1.21. The molecule has 0 radical (unpaired) electrons. The Morgan fingerprint density at radius 2 is 1.30 bits per heavy atom. The number of hydrogen-bond donors (Lipinski definition) is 6. The van der Waals surface area contributed by atoms with Gasteiger partial charge in [-0.05, 0) is 56.7 Å². The average molecular weight is 913 g/mol. The van der Waals surface area contributed by atoms with E-state index in [9.17, 15) is 33.6 Å². The first kappa shape index (κ1) is 57.5. The van der Waals surface area contributed by atoms with E-state index in [1.165, 1.54) is 10.9 Å². The SMILES string of the molecule is C=S=C(NC(CCCNC(N)=O)C(=O)C(C)C)C(NC(=O)CCOCCOCCOCCNC(=O)CCC(C)OCCNC(=O)CCCCC1CC(=O)C(C(C)C)CC1=O)C(C)C. The topological polar surface area (TPSA) is 243 Å². The number of unbranched alkanes of at least 4 members (excludes halogenated alkanes) is 1. The predicted molar refractivity (Wildman–Crippen MR) is 247 cm³/mol. The van der Waals surface area contributed by atoms with Gasteiger partial charge in [0.2, 0.25) is 17.7 Å². The fraction of sp³-hybridized carbons (Fsp3) is 0.800. The van der Waals surface area contributed by atoms with Crippen molar-refractivity contribution in [2.45, 2.75) is 137 Å². The molecule has 0 aromatic carbocycles. The van der Waals surface area contributed by atoms with E-state index in [1.54, 1.807) is 0 Å². The molecule has 0 saturated heterocycles. The number of ketones is 3. The fourth-order valence-electron chi connectivity index (χ4n) is 6.95. The maximum atomic E-state index is 13.0. The number of Topliss-reactive ketones (excluding diaryl/α,β-unsaturated/α-hetero) is 3. The number of carbonyl (C=O) groups excluding carboxylic acids is 7. The summed E-state index contributed by atoms with van der Waals surface area (Å²) < 4.78 is 22.4. The molecule has 362 valence electrons. The lowest BCUT2D eigenvalue weighted by atomic mass is 9.74. The Bertz CT molecular complexity index is 1470. The maximum Gasteiger partial charge on any atom is 0.312 e. The first-order chi connectivity index (χ1) is 30.0. The second-order valence-electron chi connectivity index (χ2n) is 17.1. The minimum Gasteiger partial charge on any atom is -0.379 e. The molecule has 0 aromatic rings. The van der Waals surface area contributed by atoms with Crippen molar-refractivity contribution >= 4 is 62.9 Å². The summed E-state index contributed by atoms with van der Waals surface area (Å²) in [5, 5.41) is 14.6. The number of primary amides is 1. The highest BCUT2D eigenvalue weighted by Crippen LogP contribution is 2.31. The normalized spacial score (nSPS) is 16.7. The van der Waals surface area contributed by atoms with Crippen LogP contribution in [0, 0.1) is 29.6 Å². The number of rotatable bonds is 35. The molecule has 0 heterocycles. The van der Waals surface area contributed by atoms with Crippen LogP contribution in [0.4, 0.5) is 4.79 Å². The summed E-state index contributed by atoms with van der Waals surface area (Å²) in [5.41, 5.74) is 5.15. The molecule has 1 aliphatic rings. The Morgan fingerprint density at radius 3 is 1.90 bits per heavy atom. The lowest BCUT2D eigenvalue weighted by Crippen LogP contribution is -2.53. The molecule has 5 amide bonds. The van der Waals surface area contributed by atoms with Gasteiger partial charge in [-0.2, -0.15) is 0 Å². The van der Waals surface area contributed by atoms with Crippen LogP contribution < -0.4 is 32.3 Å². The second-order valence-corrected chi connectivity index (χ2v) is 17.9. The Hall–Kier alpha value is -3.55. The van der Waals surface area contributed by atoms with E-state index in [1.807, 2.05) is 48.5 Å². The van der Waals surface area contributed by atoms with Gasteiger partial charge in [-0.15, -0.1) is 10.9 Å². The molecule has 1 rings (SSSR count). The molecule has 18 heteroatoms. The first-order valence-corrected chi connectivity index (χ1v) is 23.8. The zero-order valence-corrected chi connectivity index (χ0v) is 40.0. The molecular weight excluding hydrogens is 833 g/mol. The molecule has 1 saturated carbocycles. The molecule has 63 heavy (non-hydrogen) atoms. The summed E-state index contributed by atoms with van der Waals surface area (Å²) in [5.74, 6) is 3.62. The maximum absolute atomic E-state index is 13.0. The number of nitrogens with one attached hydrogen (secondary N) is 5. The summed E-state index contributed by atoms with van der Waals surface area (Å²) in [4.78, 5) is 86.7. The Kier molecular flexibility index (Phi) is 30.9. The molecule has 1 fully saturated rings.